The fourth-order valence-electron chi connectivity index (χ4n) is 1.46. The molecule has 0 aromatic heterocycles. The Kier molecular flexibility index (Phi) is 2.87. The lowest BCUT2D eigenvalue weighted by molar-refractivity contribution is -0.128. The summed E-state index contributed by atoms with van der Waals surface area (Å²) >= 11 is 0. The topological polar surface area (TPSA) is 75.4 Å². The molecule has 74 valence electrons. The minimum Gasteiger partial charge on any atom is -0.311 e. The predicted octanol–water partition coefficient (Wildman–Crippen LogP) is -0.131. The van der Waals surface area contributed by atoms with Gasteiger partial charge in [-0.05, 0) is 6.42 Å². The molecule has 0 saturated carbocycles. The standard InChI is InChI=1S/C8H15N3O2/c1-3-4-5-6(9)11(2)8(13)10-7(5)12/h5-6H,3-4,9H2,1-2H3,(H,10,12,13). The summed E-state index contributed by atoms with van der Waals surface area (Å²) < 4.78 is 0. The number of hydrogen-bond acceptors (Lipinski definition) is 3. The molecule has 2 unspecified atom stereocenters. The number of hydrogen-bond donors (Lipinski definition) is 2. The number of nitrogens with zero attached hydrogens (tertiary/aromatic N) is 1. The maximum absolute atomic E-state index is 11.3. The molecule has 0 spiro atoms. The molecule has 0 aliphatic carbocycles. The van der Waals surface area contributed by atoms with Gasteiger partial charge in [0.05, 0.1) is 12.1 Å². The highest BCUT2D eigenvalue weighted by atomic mass is 16.2. The summed E-state index contributed by atoms with van der Waals surface area (Å²) in [6.07, 6.45) is 1.11. The Hall–Kier alpha value is -1.10. The van der Waals surface area contributed by atoms with Crippen molar-refractivity contribution in [2.75, 3.05) is 7.05 Å². The van der Waals surface area contributed by atoms with Gasteiger partial charge in [-0.1, -0.05) is 13.3 Å². The van der Waals surface area contributed by atoms with E-state index in [1.165, 1.54) is 4.90 Å². The van der Waals surface area contributed by atoms with Crippen molar-refractivity contribution in [3.05, 3.63) is 0 Å². The second kappa shape index (κ2) is 3.74. The molecule has 1 fully saturated rings. The van der Waals surface area contributed by atoms with Gasteiger partial charge in [-0.3, -0.25) is 10.1 Å². The van der Waals surface area contributed by atoms with Crippen LogP contribution >= 0.6 is 0 Å². The molecule has 5 nitrogen and oxygen atoms in total. The average molecular weight is 185 g/mol. The van der Waals surface area contributed by atoms with Crippen molar-refractivity contribution in [3.8, 4) is 0 Å². The number of carbonyl (C=O) groups is 2. The van der Waals surface area contributed by atoms with E-state index in [2.05, 4.69) is 5.32 Å². The zero-order chi connectivity index (χ0) is 10.0. The molecule has 13 heavy (non-hydrogen) atoms. The molecule has 0 bridgehead atoms. The van der Waals surface area contributed by atoms with Gasteiger partial charge >= 0.3 is 6.03 Å². The normalized spacial score (nSPS) is 29.0. The molecule has 2 atom stereocenters. The number of amides is 3. The first-order valence-corrected chi connectivity index (χ1v) is 4.41. The van der Waals surface area contributed by atoms with Gasteiger partial charge < -0.3 is 10.6 Å². The quantitative estimate of drug-likeness (QED) is 0.629. The van der Waals surface area contributed by atoms with Crippen LogP contribution in [0.3, 0.4) is 0 Å². The lowest BCUT2D eigenvalue weighted by Gasteiger charge is -2.35. The summed E-state index contributed by atoms with van der Waals surface area (Å²) in [4.78, 5) is 23.8. The molecule has 1 aliphatic rings. The highest BCUT2D eigenvalue weighted by Crippen LogP contribution is 2.16. The van der Waals surface area contributed by atoms with Gasteiger partial charge in [-0.2, -0.15) is 0 Å². The van der Waals surface area contributed by atoms with Crippen LogP contribution in [0.5, 0.6) is 0 Å². The number of nitrogens with two attached hydrogens (primary N) is 1. The first-order valence-electron chi connectivity index (χ1n) is 4.41. The zero-order valence-electron chi connectivity index (χ0n) is 7.91. The van der Waals surface area contributed by atoms with Gasteiger partial charge in [-0.25, -0.2) is 4.79 Å². The number of imide groups is 1. The molecular weight excluding hydrogens is 170 g/mol. The van der Waals surface area contributed by atoms with E-state index in [9.17, 15) is 9.59 Å². The SMILES string of the molecule is CCCC1C(=O)NC(=O)N(C)C1N. The minimum atomic E-state index is -0.485. The van der Waals surface area contributed by atoms with Crippen LogP contribution in [0.1, 0.15) is 19.8 Å². The van der Waals surface area contributed by atoms with Gasteiger partial charge in [0, 0.05) is 7.05 Å². The molecule has 1 heterocycles. The van der Waals surface area contributed by atoms with Crippen molar-refractivity contribution in [2.24, 2.45) is 11.7 Å². The van der Waals surface area contributed by atoms with E-state index in [4.69, 9.17) is 5.73 Å². The third kappa shape index (κ3) is 1.80. The minimum absolute atomic E-state index is 0.252. The van der Waals surface area contributed by atoms with Gasteiger partial charge in [-0.15, -0.1) is 0 Å². The fourth-order valence-corrected chi connectivity index (χ4v) is 1.46. The van der Waals surface area contributed by atoms with Crippen LogP contribution < -0.4 is 11.1 Å². The Labute approximate surface area is 77.3 Å². The lowest BCUT2D eigenvalue weighted by atomic mass is 9.97. The Morgan fingerprint density at radius 2 is 2.15 bits per heavy atom. The van der Waals surface area contributed by atoms with E-state index in [1.807, 2.05) is 6.92 Å². The van der Waals surface area contributed by atoms with Crippen molar-refractivity contribution in [3.63, 3.8) is 0 Å². The summed E-state index contributed by atoms with van der Waals surface area (Å²) in [7, 11) is 1.59. The molecule has 3 N–H and O–H groups in total. The van der Waals surface area contributed by atoms with Crippen LogP contribution in [0.4, 0.5) is 4.79 Å². The molecule has 1 saturated heterocycles. The molecular formula is C8H15N3O2. The van der Waals surface area contributed by atoms with E-state index in [1.54, 1.807) is 7.05 Å². The van der Waals surface area contributed by atoms with Crippen LogP contribution in [-0.4, -0.2) is 30.1 Å². The Morgan fingerprint density at radius 3 is 2.69 bits per heavy atom. The van der Waals surface area contributed by atoms with Crippen molar-refractivity contribution in [1.29, 1.82) is 0 Å². The van der Waals surface area contributed by atoms with E-state index in [0.29, 0.717) is 6.42 Å². The summed E-state index contributed by atoms with van der Waals surface area (Å²) in [5.74, 6) is -0.523. The van der Waals surface area contributed by atoms with Gasteiger partial charge in [0.15, 0.2) is 0 Å². The van der Waals surface area contributed by atoms with Crippen LogP contribution in [0.25, 0.3) is 0 Å². The maximum Gasteiger partial charge on any atom is 0.325 e. The summed E-state index contributed by atoms with van der Waals surface area (Å²) in [6.45, 7) is 1.98. The Bertz CT molecular complexity index is 229. The monoisotopic (exact) mass is 185 g/mol. The molecule has 0 radical (unpaired) electrons. The molecule has 1 rings (SSSR count). The van der Waals surface area contributed by atoms with Crippen molar-refractivity contribution < 1.29 is 9.59 Å². The van der Waals surface area contributed by atoms with Crippen molar-refractivity contribution in [1.82, 2.24) is 10.2 Å². The highest BCUT2D eigenvalue weighted by Gasteiger charge is 2.36. The molecule has 1 aliphatic heterocycles. The van der Waals surface area contributed by atoms with Gasteiger partial charge in [0.1, 0.15) is 0 Å². The van der Waals surface area contributed by atoms with Crippen LogP contribution in [0.15, 0.2) is 0 Å². The first kappa shape index (κ1) is 9.98. The summed E-state index contributed by atoms with van der Waals surface area (Å²) in [5.41, 5.74) is 5.73. The second-order valence-electron chi connectivity index (χ2n) is 3.29. The third-order valence-electron chi connectivity index (χ3n) is 2.35. The lowest BCUT2D eigenvalue weighted by Crippen LogP contribution is -2.62. The zero-order valence-corrected chi connectivity index (χ0v) is 7.91. The molecule has 0 aromatic carbocycles. The molecule has 0 aromatic rings. The first-order chi connectivity index (χ1) is 6.07. The Balaban J connectivity index is 2.73. The largest absolute Gasteiger partial charge is 0.325 e. The maximum atomic E-state index is 11.3. The van der Waals surface area contributed by atoms with Gasteiger partial charge in [0.25, 0.3) is 0 Å². The summed E-state index contributed by atoms with van der Waals surface area (Å²) in [5, 5.41) is 2.26. The smallest absolute Gasteiger partial charge is 0.311 e. The van der Waals surface area contributed by atoms with E-state index < -0.39 is 12.2 Å². The number of nitrogens with one attached hydrogen (secondary N) is 1. The van der Waals surface area contributed by atoms with E-state index >= 15 is 0 Å². The van der Waals surface area contributed by atoms with Gasteiger partial charge in [0.2, 0.25) is 5.91 Å². The number of carbonyl (C=O) groups excluding carboxylic acids is 2. The fraction of sp³-hybridized carbons (Fsp3) is 0.750. The number of urea groups is 1. The average Bonchev–Trinajstić information content (AvgIpc) is 2.09. The van der Waals surface area contributed by atoms with E-state index in [-0.39, 0.29) is 11.8 Å². The molecule has 3 amide bonds. The summed E-state index contributed by atoms with van der Waals surface area (Å²) in [6, 6.07) is -0.412. The predicted molar refractivity (Wildman–Crippen MR) is 47.7 cm³/mol. The number of rotatable bonds is 2. The van der Waals surface area contributed by atoms with E-state index in [0.717, 1.165) is 6.42 Å². The Morgan fingerprint density at radius 1 is 1.54 bits per heavy atom. The van der Waals surface area contributed by atoms with Crippen LogP contribution in [0.2, 0.25) is 0 Å². The van der Waals surface area contributed by atoms with Crippen molar-refractivity contribution in [2.45, 2.75) is 25.9 Å². The van der Waals surface area contributed by atoms with Crippen molar-refractivity contribution >= 4 is 11.9 Å². The second-order valence-corrected chi connectivity index (χ2v) is 3.29. The van der Waals surface area contributed by atoms with Crippen LogP contribution in [-0.2, 0) is 4.79 Å². The third-order valence-corrected chi connectivity index (χ3v) is 2.35. The highest BCUT2D eigenvalue weighted by molar-refractivity contribution is 5.98. The van der Waals surface area contributed by atoms with Crippen LogP contribution in [0, 0.1) is 5.92 Å². The molecule has 5 heteroatoms.